The number of hydrogen-bond acceptors (Lipinski definition) is 2. The van der Waals surface area contributed by atoms with Crippen LogP contribution in [-0.4, -0.2) is 34.6 Å². The summed E-state index contributed by atoms with van der Waals surface area (Å²) in [5, 5.41) is 9.87. The van der Waals surface area contributed by atoms with Crippen LogP contribution in [0.3, 0.4) is 0 Å². The number of benzene rings is 1. The van der Waals surface area contributed by atoms with E-state index < -0.39 is 5.60 Å². The first-order valence-electron chi connectivity index (χ1n) is 5.66. The average Bonchev–Trinajstić information content (AvgIpc) is 2.56. The molecule has 1 atom stereocenters. The predicted octanol–water partition coefficient (Wildman–Crippen LogP) is 2.35. The zero-order valence-electron chi connectivity index (χ0n) is 10.0. The van der Waals surface area contributed by atoms with Crippen molar-refractivity contribution in [1.29, 1.82) is 0 Å². The number of aliphatic hydroxyl groups is 1. The fourth-order valence-electron chi connectivity index (χ4n) is 2.16. The Morgan fingerprint density at radius 3 is 2.71 bits per heavy atom. The van der Waals surface area contributed by atoms with E-state index in [9.17, 15) is 9.90 Å². The van der Waals surface area contributed by atoms with E-state index in [4.69, 9.17) is 0 Å². The van der Waals surface area contributed by atoms with Crippen LogP contribution >= 0.6 is 15.9 Å². The van der Waals surface area contributed by atoms with Gasteiger partial charge in [0.05, 0.1) is 5.60 Å². The van der Waals surface area contributed by atoms with Crippen molar-refractivity contribution in [2.24, 2.45) is 0 Å². The Morgan fingerprint density at radius 1 is 1.47 bits per heavy atom. The monoisotopic (exact) mass is 297 g/mol. The summed E-state index contributed by atoms with van der Waals surface area (Å²) in [4.78, 5) is 13.9. The van der Waals surface area contributed by atoms with Gasteiger partial charge in [-0.25, -0.2) is 0 Å². The van der Waals surface area contributed by atoms with Crippen LogP contribution in [0.4, 0.5) is 0 Å². The van der Waals surface area contributed by atoms with Gasteiger partial charge in [0.25, 0.3) is 5.91 Å². The summed E-state index contributed by atoms with van der Waals surface area (Å²) >= 11 is 3.39. The standard InChI is InChI=1S/C13H16BrNO2/c1-9-5-10(7-11(14)6-9)12(16)15-4-3-13(2,17)8-15/h5-7,17H,3-4,8H2,1-2H3. The smallest absolute Gasteiger partial charge is 0.254 e. The molecule has 0 saturated carbocycles. The minimum absolute atomic E-state index is 0.00725. The highest BCUT2D eigenvalue weighted by molar-refractivity contribution is 9.10. The highest BCUT2D eigenvalue weighted by atomic mass is 79.9. The molecule has 1 aromatic rings. The SMILES string of the molecule is Cc1cc(Br)cc(C(=O)N2CCC(C)(O)C2)c1. The number of β-amino-alcohol motifs (C(OH)–C–C–N with tert-alkyl or cyclic N) is 1. The third-order valence-electron chi connectivity index (χ3n) is 3.03. The van der Waals surface area contributed by atoms with E-state index in [2.05, 4.69) is 15.9 Å². The molecule has 1 aliphatic heterocycles. The molecule has 1 saturated heterocycles. The first-order chi connectivity index (χ1) is 7.87. The van der Waals surface area contributed by atoms with Gasteiger partial charge in [0.15, 0.2) is 0 Å². The molecule has 2 rings (SSSR count). The summed E-state index contributed by atoms with van der Waals surface area (Å²) in [6.45, 7) is 4.77. The first kappa shape index (κ1) is 12.6. The molecule has 1 unspecified atom stereocenters. The molecule has 0 spiro atoms. The van der Waals surface area contributed by atoms with Crippen LogP contribution in [0.25, 0.3) is 0 Å². The minimum Gasteiger partial charge on any atom is -0.388 e. The second-order valence-electron chi connectivity index (χ2n) is 4.99. The van der Waals surface area contributed by atoms with Gasteiger partial charge in [-0.2, -0.15) is 0 Å². The Kier molecular flexibility index (Phi) is 3.27. The lowest BCUT2D eigenvalue weighted by Crippen LogP contribution is -2.33. The molecule has 4 heteroatoms. The van der Waals surface area contributed by atoms with Crippen molar-refractivity contribution in [3.63, 3.8) is 0 Å². The Labute approximate surface area is 110 Å². The lowest BCUT2D eigenvalue weighted by atomic mass is 10.1. The third-order valence-corrected chi connectivity index (χ3v) is 3.49. The summed E-state index contributed by atoms with van der Waals surface area (Å²) in [5.41, 5.74) is 0.986. The van der Waals surface area contributed by atoms with Crippen LogP contribution in [0, 0.1) is 6.92 Å². The van der Waals surface area contributed by atoms with E-state index in [-0.39, 0.29) is 5.91 Å². The van der Waals surface area contributed by atoms with E-state index in [1.165, 1.54) is 0 Å². The second kappa shape index (κ2) is 4.42. The topological polar surface area (TPSA) is 40.5 Å². The highest BCUT2D eigenvalue weighted by Crippen LogP contribution is 2.23. The molecular formula is C13H16BrNO2. The molecule has 1 aliphatic rings. The van der Waals surface area contributed by atoms with Gasteiger partial charge >= 0.3 is 0 Å². The van der Waals surface area contributed by atoms with E-state index in [1.54, 1.807) is 11.8 Å². The fraction of sp³-hybridized carbons (Fsp3) is 0.462. The zero-order valence-corrected chi connectivity index (χ0v) is 11.6. The normalized spacial score (nSPS) is 24.1. The first-order valence-corrected chi connectivity index (χ1v) is 6.45. The van der Waals surface area contributed by atoms with Crippen LogP contribution < -0.4 is 0 Å². The van der Waals surface area contributed by atoms with Crippen molar-refractivity contribution in [3.05, 3.63) is 33.8 Å². The van der Waals surface area contributed by atoms with E-state index in [0.29, 0.717) is 25.1 Å². The van der Waals surface area contributed by atoms with Crippen LogP contribution in [0.5, 0.6) is 0 Å². The predicted molar refractivity (Wildman–Crippen MR) is 70.0 cm³/mol. The summed E-state index contributed by atoms with van der Waals surface area (Å²) in [6, 6.07) is 5.67. The van der Waals surface area contributed by atoms with Crippen molar-refractivity contribution >= 4 is 21.8 Å². The Balaban J connectivity index is 2.20. The number of carbonyl (C=O) groups excluding carboxylic acids is 1. The Hall–Kier alpha value is -0.870. The molecule has 17 heavy (non-hydrogen) atoms. The molecule has 1 heterocycles. The highest BCUT2D eigenvalue weighted by Gasteiger charge is 2.34. The molecule has 0 bridgehead atoms. The lowest BCUT2D eigenvalue weighted by Gasteiger charge is -2.19. The van der Waals surface area contributed by atoms with Crippen molar-refractivity contribution in [1.82, 2.24) is 4.90 Å². The number of likely N-dealkylation sites (tertiary alicyclic amines) is 1. The largest absolute Gasteiger partial charge is 0.388 e. The number of hydrogen-bond donors (Lipinski definition) is 1. The van der Waals surface area contributed by atoms with Gasteiger partial charge in [0.2, 0.25) is 0 Å². The molecule has 0 radical (unpaired) electrons. The Morgan fingerprint density at radius 2 is 2.18 bits per heavy atom. The number of halogens is 1. The van der Waals surface area contributed by atoms with E-state index in [1.807, 2.05) is 25.1 Å². The number of aryl methyl sites for hydroxylation is 1. The van der Waals surface area contributed by atoms with Crippen molar-refractivity contribution in [2.45, 2.75) is 25.9 Å². The fourth-order valence-corrected chi connectivity index (χ4v) is 2.77. The van der Waals surface area contributed by atoms with Crippen LogP contribution in [0.2, 0.25) is 0 Å². The molecule has 0 aromatic heterocycles. The van der Waals surface area contributed by atoms with Crippen LogP contribution in [-0.2, 0) is 0 Å². The maximum absolute atomic E-state index is 12.2. The van der Waals surface area contributed by atoms with Gasteiger partial charge in [-0.15, -0.1) is 0 Å². The van der Waals surface area contributed by atoms with Crippen molar-refractivity contribution in [2.75, 3.05) is 13.1 Å². The number of carbonyl (C=O) groups is 1. The maximum atomic E-state index is 12.2. The summed E-state index contributed by atoms with van der Waals surface area (Å²) < 4.78 is 0.909. The second-order valence-corrected chi connectivity index (χ2v) is 5.91. The van der Waals surface area contributed by atoms with Gasteiger partial charge < -0.3 is 10.0 Å². The number of rotatable bonds is 1. The van der Waals surface area contributed by atoms with Crippen molar-refractivity contribution in [3.8, 4) is 0 Å². The maximum Gasteiger partial charge on any atom is 0.254 e. The molecule has 1 fully saturated rings. The van der Waals surface area contributed by atoms with Gasteiger partial charge in [-0.05, 0) is 44.0 Å². The summed E-state index contributed by atoms with van der Waals surface area (Å²) in [5.74, 6) is -0.00725. The van der Waals surface area contributed by atoms with Gasteiger partial charge in [-0.3, -0.25) is 4.79 Å². The van der Waals surface area contributed by atoms with E-state index >= 15 is 0 Å². The average molecular weight is 298 g/mol. The molecular weight excluding hydrogens is 282 g/mol. The molecule has 1 N–H and O–H groups in total. The van der Waals surface area contributed by atoms with Gasteiger partial charge in [-0.1, -0.05) is 15.9 Å². The third kappa shape index (κ3) is 2.87. The Bertz CT molecular complexity index is 436. The zero-order chi connectivity index (χ0) is 12.6. The van der Waals surface area contributed by atoms with Crippen LogP contribution in [0.15, 0.2) is 22.7 Å². The molecule has 1 aromatic carbocycles. The van der Waals surface area contributed by atoms with Crippen molar-refractivity contribution < 1.29 is 9.90 Å². The number of nitrogens with zero attached hydrogens (tertiary/aromatic N) is 1. The van der Waals surface area contributed by atoms with Gasteiger partial charge in [0.1, 0.15) is 0 Å². The molecule has 92 valence electrons. The molecule has 0 aliphatic carbocycles. The minimum atomic E-state index is -0.739. The van der Waals surface area contributed by atoms with Crippen LogP contribution in [0.1, 0.15) is 29.3 Å². The quantitative estimate of drug-likeness (QED) is 0.864. The summed E-state index contributed by atoms with van der Waals surface area (Å²) in [6.07, 6.45) is 0.645. The molecule has 1 amide bonds. The van der Waals surface area contributed by atoms with E-state index in [0.717, 1.165) is 10.0 Å². The van der Waals surface area contributed by atoms with Gasteiger partial charge in [0, 0.05) is 23.1 Å². The molecule has 3 nitrogen and oxygen atoms in total. The number of amides is 1. The lowest BCUT2D eigenvalue weighted by molar-refractivity contribution is 0.0572. The summed E-state index contributed by atoms with van der Waals surface area (Å²) in [7, 11) is 0.